The number of carbonyl (C=O) groups is 5. The van der Waals surface area contributed by atoms with Crippen LogP contribution in [0.1, 0.15) is 65.2 Å². The fraction of sp³-hybridized carbons (Fsp3) is 0.125. The lowest BCUT2D eigenvalue weighted by Crippen LogP contribution is -2.52. The number of imide groups is 1. The Balaban J connectivity index is 1.12. The third-order valence-corrected chi connectivity index (χ3v) is 11.1. The number of hydrogen-bond acceptors (Lipinski definition) is 6. The molecule has 0 aromatic heterocycles. The second kappa shape index (κ2) is 12.9. The molecule has 0 saturated carbocycles. The molecule has 2 atom stereocenters. The molecule has 1 fully saturated rings. The summed E-state index contributed by atoms with van der Waals surface area (Å²) in [7, 11) is 0. The van der Waals surface area contributed by atoms with Crippen LogP contribution in [0.15, 0.2) is 120 Å². The van der Waals surface area contributed by atoms with Crippen LogP contribution in [0.25, 0.3) is 0 Å². The minimum Gasteiger partial charge on any atom is -0.423 e. The average Bonchev–Trinajstić information content (AvgIpc) is 3.41. The molecule has 8 nitrogen and oxygen atoms in total. The zero-order valence-electron chi connectivity index (χ0n) is 26.5. The monoisotopic (exact) mass is 778 g/mol. The van der Waals surface area contributed by atoms with Crippen LogP contribution in [0.4, 0.5) is 0 Å². The van der Waals surface area contributed by atoms with E-state index in [1.165, 1.54) is 42.5 Å². The van der Waals surface area contributed by atoms with Crippen LogP contribution in [0.2, 0.25) is 10.0 Å². The standard InChI is InChI=1S/C40H25BrCl2N2O6/c41-24-14-9-22(10-15-24)40(50)51-25-16-11-21(12-17-25)32(46)20-44(37(47)23-13-18-30(42)31(43)19-23)45-38(48)35-33-26-5-1-2-6-27(26)34(36(35)39(45)49)29-8-4-3-7-28(29)33/h1-19,33-36H,20H2/t33?,34?,35-,36-/m1/s1. The summed E-state index contributed by atoms with van der Waals surface area (Å²) < 4.78 is 6.28. The zero-order chi connectivity index (χ0) is 35.6. The van der Waals surface area contributed by atoms with Crippen molar-refractivity contribution >= 4 is 68.6 Å². The van der Waals surface area contributed by atoms with Crippen LogP contribution in [0.3, 0.4) is 0 Å². The number of carbonyl (C=O) groups excluding carboxylic acids is 5. The summed E-state index contributed by atoms with van der Waals surface area (Å²) in [4.78, 5) is 69.9. The van der Waals surface area contributed by atoms with Gasteiger partial charge in [0.2, 0.25) is 0 Å². The number of hydrazine groups is 1. The molecular weight excluding hydrogens is 755 g/mol. The zero-order valence-corrected chi connectivity index (χ0v) is 29.6. The van der Waals surface area contributed by atoms with E-state index in [9.17, 15) is 24.0 Å². The number of ether oxygens (including phenoxy) is 1. The Labute approximate surface area is 310 Å². The smallest absolute Gasteiger partial charge is 0.343 e. The highest BCUT2D eigenvalue weighted by Crippen LogP contribution is 2.61. The molecule has 4 aliphatic rings. The van der Waals surface area contributed by atoms with Crippen molar-refractivity contribution in [1.82, 2.24) is 10.0 Å². The molecule has 5 aromatic rings. The van der Waals surface area contributed by atoms with E-state index in [0.29, 0.717) is 5.56 Å². The third kappa shape index (κ3) is 5.56. The van der Waals surface area contributed by atoms with Crippen molar-refractivity contribution in [2.24, 2.45) is 11.8 Å². The van der Waals surface area contributed by atoms with Gasteiger partial charge in [-0.3, -0.25) is 19.2 Å². The maximum atomic E-state index is 14.6. The fourth-order valence-electron chi connectivity index (χ4n) is 7.60. The van der Waals surface area contributed by atoms with Crippen molar-refractivity contribution in [2.75, 3.05) is 6.54 Å². The number of esters is 1. The molecule has 0 unspecified atom stereocenters. The molecule has 3 aliphatic carbocycles. The molecule has 3 amide bonds. The summed E-state index contributed by atoms with van der Waals surface area (Å²) in [5.74, 6) is -5.17. The molecule has 1 saturated heterocycles. The van der Waals surface area contributed by atoms with Gasteiger partial charge < -0.3 is 4.74 Å². The fourth-order valence-corrected chi connectivity index (χ4v) is 8.16. The van der Waals surface area contributed by atoms with E-state index < -0.39 is 59.7 Å². The predicted octanol–water partition coefficient (Wildman–Crippen LogP) is 8.11. The van der Waals surface area contributed by atoms with Crippen molar-refractivity contribution in [1.29, 1.82) is 0 Å². The minimum atomic E-state index is -0.773. The van der Waals surface area contributed by atoms with Crippen LogP contribution in [-0.4, -0.2) is 46.0 Å². The molecule has 5 aromatic carbocycles. The normalized spacial score (nSPS) is 19.6. The van der Waals surface area contributed by atoms with Crippen molar-refractivity contribution in [2.45, 2.75) is 11.8 Å². The SMILES string of the molecule is O=C(CN(C(=O)c1ccc(Cl)c(Cl)c1)N1C(=O)[C@@H]2C3c4ccccc4C(c4ccccc43)[C@H]2C1=O)c1ccc(OC(=O)c2ccc(Br)cc2)cc1. The van der Waals surface area contributed by atoms with E-state index in [4.69, 9.17) is 27.9 Å². The summed E-state index contributed by atoms with van der Waals surface area (Å²) in [5.41, 5.74) is 4.46. The van der Waals surface area contributed by atoms with Crippen molar-refractivity contribution in [3.8, 4) is 5.75 Å². The van der Waals surface area contributed by atoms with Gasteiger partial charge in [-0.1, -0.05) is 87.7 Å². The van der Waals surface area contributed by atoms with Gasteiger partial charge in [-0.05, 0) is 89.0 Å². The van der Waals surface area contributed by atoms with Crippen LogP contribution in [-0.2, 0) is 9.59 Å². The molecule has 0 radical (unpaired) electrons. The van der Waals surface area contributed by atoms with Gasteiger partial charge in [0.25, 0.3) is 17.7 Å². The first-order valence-corrected chi connectivity index (χ1v) is 17.6. The molecule has 0 N–H and O–H groups in total. The largest absolute Gasteiger partial charge is 0.423 e. The third-order valence-electron chi connectivity index (χ3n) is 9.83. The topological polar surface area (TPSA) is 101 Å². The lowest BCUT2D eigenvalue weighted by molar-refractivity contribution is -0.154. The summed E-state index contributed by atoms with van der Waals surface area (Å²) in [5, 5.41) is 2.09. The van der Waals surface area contributed by atoms with Crippen LogP contribution >= 0.6 is 39.1 Å². The van der Waals surface area contributed by atoms with Crippen molar-refractivity contribution in [3.63, 3.8) is 0 Å². The Morgan fingerprint density at radius 3 is 1.65 bits per heavy atom. The number of Topliss-reactive ketones (excluding diaryl/α,β-unsaturated/α-hetero) is 1. The summed E-state index contributed by atoms with van der Waals surface area (Å²) in [6.07, 6.45) is 0. The van der Waals surface area contributed by atoms with Crippen molar-refractivity contribution in [3.05, 3.63) is 169 Å². The van der Waals surface area contributed by atoms with E-state index in [1.807, 2.05) is 48.5 Å². The highest BCUT2D eigenvalue weighted by atomic mass is 79.9. The Morgan fingerprint density at radius 2 is 1.14 bits per heavy atom. The molecular formula is C40H25BrCl2N2O6. The van der Waals surface area contributed by atoms with Gasteiger partial charge in [-0.15, -0.1) is 0 Å². The molecule has 0 spiro atoms. The number of halogens is 3. The predicted molar refractivity (Wildman–Crippen MR) is 193 cm³/mol. The molecule has 9 rings (SSSR count). The summed E-state index contributed by atoms with van der Waals surface area (Å²) in [6, 6.07) is 32.3. The van der Waals surface area contributed by atoms with Crippen LogP contribution in [0, 0.1) is 11.8 Å². The average molecular weight is 780 g/mol. The summed E-state index contributed by atoms with van der Waals surface area (Å²) in [6.45, 7) is -0.636. The number of nitrogens with zero attached hydrogens (tertiary/aromatic N) is 2. The highest BCUT2D eigenvalue weighted by Gasteiger charge is 2.63. The van der Waals surface area contributed by atoms with Gasteiger partial charge in [-0.25, -0.2) is 9.80 Å². The molecule has 1 aliphatic heterocycles. The van der Waals surface area contributed by atoms with Gasteiger partial charge in [0.15, 0.2) is 5.78 Å². The van der Waals surface area contributed by atoms with Crippen molar-refractivity contribution < 1.29 is 28.7 Å². The molecule has 2 bridgehead atoms. The van der Waals surface area contributed by atoms with Crippen LogP contribution < -0.4 is 4.74 Å². The number of amides is 3. The Hall–Kier alpha value is -5.09. The first-order valence-electron chi connectivity index (χ1n) is 16.1. The highest BCUT2D eigenvalue weighted by molar-refractivity contribution is 9.10. The Morgan fingerprint density at radius 1 is 0.647 bits per heavy atom. The number of hydrogen-bond donors (Lipinski definition) is 0. The summed E-state index contributed by atoms with van der Waals surface area (Å²) >= 11 is 15.7. The van der Waals surface area contributed by atoms with Gasteiger partial charge >= 0.3 is 5.97 Å². The van der Waals surface area contributed by atoms with E-state index >= 15 is 0 Å². The number of rotatable bonds is 7. The minimum absolute atomic E-state index is 0.0393. The first kappa shape index (κ1) is 33.1. The Kier molecular flexibility index (Phi) is 8.37. The van der Waals surface area contributed by atoms with Gasteiger partial charge in [0, 0.05) is 27.4 Å². The number of ketones is 1. The molecule has 252 valence electrons. The van der Waals surface area contributed by atoms with E-state index in [2.05, 4.69) is 15.9 Å². The lowest BCUT2D eigenvalue weighted by atomic mass is 9.55. The molecule has 51 heavy (non-hydrogen) atoms. The quantitative estimate of drug-likeness (QED) is 0.0717. The maximum Gasteiger partial charge on any atom is 0.343 e. The Bertz CT molecular complexity index is 2180. The van der Waals surface area contributed by atoms with E-state index in [-0.39, 0.29) is 26.9 Å². The molecule has 1 heterocycles. The van der Waals surface area contributed by atoms with Gasteiger partial charge in [-0.2, -0.15) is 5.01 Å². The number of benzene rings is 5. The van der Waals surface area contributed by atoms with E-state index in [0.717, 1.165) is 36.7 Å². The van der Waals surface area contributed by atoms with Gasteiger partial charge in [0.05, 0.1) is 27.4 Å². The van der Waals surface area contributed by atoms with E-state index in [1.54, 1.807) is 24.3 Å². The van der Waals surface area contributed by atoms with Crippen LogP contribution in [0.5, 0.6) is 5.75 Å². The molecule has 11 heteroatoms. The second-order valence-corrected chi connectivity index (χ2v) is 14.3. The lowest BCUT2D eigenvalue weighted by Gasteiger charge is -2.45. The first-order chi connectivity index (χ1) is 24.6. The van der Waals surface area contributed by atoms with Gasteiger partial charge in [0.1, 0.15) is 12.3 Å². The second-order valence-electron chi connectivity index (χ2n) is 12.6. The maximum absolute atomic E-state index is 14.6.